The molecule has 2 aromatic rings. The van der Waals surface area contributed by atoms with E-state index in [0.29, 0.717) is 0 Å². The van der Waals surface area contributed by atoms with Crippen molar-refractivity contribution in [2.45, 2.75) is 38.9 Å². The zero-order valence-corrected chi connectivity index (χ0v) is 17.5. The van der Waals surface area contributed by atoms with Gasteiger partial charge in [0.05, 0.1) is 18.5 Å². The number of likely N-dealkylation sites (tertiary alicyclic amines) is 1. The van der Waals surface area contributed by atoms with Crippen molar-refractivity contribution in [1.82, 2.24) is 20.0 Å². The van der Waals surface area contributed by atoms with Crippen molar-refractivity contribution in [2.75, 3.05) is 26.7 Å². The van der Waals surface area contributed by atoms with Gasteiger partial charge in [-0.2, -0.15) is 5.10 Å². The molecule has 4 rings (SSSR count). The Labute approximate surface area is 174 Å². The number of rotatable bonds is 5. The van der Waals surface area contributed by atoms with Crippen LogP contribution in [0.15, 0.2) is 30.3 Å². The van der Waals surface area contributed by atoms with E-state index in [-0.39, 0.29) is 24.8 Å². The molecule has 0 spiro atoms. The summed E-state index contributed by atoms with van der Waals surface area (Å²) in [4.78, 5) is 2.56. The van der Waals surface area contributed by atoms with Crippen LogP contribution in [0.2, 0.25) is 0 Å². The fourth-order valence-electron chi connectivity index (χ4n) is 4.05. The lowest BCUT2D eigenvalue weighted by molar-refractivity contribution is 0.311. The Hall–Kier alpha value is -1.27. The lowest BCUT2D eigenvalue weighted by atomic mass is 9.99. The van der Waals surface area contributed by atoms with Crippen molar-refractivity contribution in [3.05, 3.63) is 47.3 Å². The van der Waals surface area contributed by atoms with Crippen LogP contribution in [0.3, 0.4) is 0 Å². The molecule has 3 heterocycles. The zero-order valence-electron chi connectivity index (χ0n) is 15.9. The average molecular weight is 413 g/mol. The first-order valence-electron chi connectivity index (χ1n) is 9.42. The molecule has 1 saturated heterocycles. The van der Waals surface area contributed by atoms with Gasteiger partial charge in [-0.15, -0.1) is 24.8 Å². The number of fused-ring (bicyclic) bond motifs is 1. The summed E-state index contributed by atoms with van der Waals surface area (Å²) in [5, 5.41) is 8.29. The molecule has 2 aliphatic heterocycles. The summed E-state index contributed by atoms with van der Waals surface area (Å²) < 4.78 is 7.44. The summed E-state index contributed by atoms with van der Waals surface area (Å²) in [5.41, 5.74) is 3.97. The van der Waals surface area contributed by atoms with E-state index in [4.69, 9.17) is 9.84 Å². The molecule has 2 aliphatic rings. The maximum Gasteiger partial charge on any atom is 0.118 e. The largest absolute Gasteiger partial charge is 0.497 e. The Morgan fingerprint density at radius 1 is 1.19 bits per heavy atom. The van der Waals surface area contributed by atoms with E-state index in [9.17, 15) is 0 Å². The Kier molecular flexibility index (Phi) is 8.42. The highest BCUT2D eigenvalue weighted by Crippen LogP contribution is 2.23. The molecule has 5 nitrogen and oxygen atoms in total. The van der Waals surface area contributed by atoms with Gasteiger partial charge in [0.15, 0.2) is 0 Å². The number of nitrogens with one attached hydrogen (secondary N) is 1. The van der Waals surface area contributed by atoms with Gasteiger partial charge in [0.25, 0.3) is 0 Å². The minimum atomic E-state index is 0. The second kappa shape index (κ2) is 10.3. The number of hydrogen-bond acceptors (Lipinski definition) is 4. The minimum Gasteiger partial charge on any atom is -0.497 e. The van der Waals surface area contributed by atoms with Crippen LogP contribution in [0.5, 0.6) is 5.75 Å². The Morgan fingerprint density at radius 2 is 2.00 bits per heavy atom. The number of halogens is 2. The number of aromatic nitrogens is 2. The van der Waals surface area contributed by atoms with Crippen molar-refractivity contribution in [3.8, 4) is 5.75 Å². The standard InChI is InChI=1S/C20H28N4O.2ClH/c1-25-20-5-3-16(4-6-20)11-17-7-10-23(14-17)15-18-12-19-13-21-8-2-9-24(19)22-18;;/h3-6,12,17,21H,2,7-11,13-15H2,1H3;2*1H. The SMILES string of the molecule is COc1ccc(CC2CCN(Cc3cc4n(n3)CCCNC4)C2)cc1.Cl.Cl. The Balaban J connectivity index is 0.00000131. The van der Waals surface area contributed by atoms with Crippen LogP contribution >= 0.6 is 24.8 Å². The molecule has 1 fully saturated rings. The number of benzene rings is 1. The molecule has 150 valence electrons. The molecule has 0 radical (unpaired) electrons. The van der Waals surface area contributed by atoms with Crippen LogP contribution < -0.4 is 10.1 Å². The van der Waals surface area contributed by atoms with E-state index in [1.165, 1.54) is 42.9 Å². The van der Waals surface area contributed by atoms with E-state index in [1.54, 1.807) is 7.11 Å². The van der Waals surface area contributed by atoms with Gasteiger partial charge in [0.2, 0.25) is 0 Å². The van der Waals surface area contributed by atoms with Crippen LogP contribution in [0.4, 0.5) is 0 Å². The summed E-state index contributed by atoms with van der Waals surface area (Å²) in [6.45, 7) is 6.43. The molecule has 1 aromatic heterocycles. The van der Waals surface area contributed by atoms with Gasteiger partial charge in [-0.25, -0.2) is 0 Å². The van der Waals surface area contributed by atoms with Crippen LogP contribution in [-0.4, -0.2) is 41.4 Å². The normalized spacial score (nSPS) is 19.5. The Bertz CT molecular complexity index is 681. The highest BCUT2D eigenvalue weighted by atomic mass is 35.5. The van der Waals surface area contributed by atoms with Gasteiger partial charge in [-0.1, -0.05) is 12.1 Å². The molecule has 27 heavy (non-hydrogen) atoms. The average Bonchev–Trinajstić information content (AvgIpc) is 3.16. The maximum absolute atomic E-state index is 5.24. The third-order valence-corrected chi connectivity index (χ3v) is 5.38. The molecule has 0 aliphatic carbocycles. The highest BCUT2D eigenvalue weighted by molar-refractivity contribution is 5.85. The lowest BCUT2D eigenvalue weighted by Gasteiger charge is -2.15. The molecule has 1 N–H and O–H groups in total. The summed E-state index contributed by atoms with van der Waals surface area (Å²) in [6, 6.07) is 10.8. The Morgan fingerprint density at radius 3 is 2.78 bits per heavy atom. The summed E-state index contributed by atoms with van der Waals surface area (Å²) in [6.07, 6.45) is 3.60. The van der Waals surface area contributed by atoms with E-state index < -0.39 is 0 Å². The molecule has 1 atom stereocenters. The van der Waals surface area contributed by atoms with Gasteiger partial charge in [-0.3, -0.25) is 9.58 Å². The topological polar surface area (TPSA) is 42.3 Å². The quantitative estimate of drug-likeness (QED) is 0.817. The first-order chi connectivity index (χ1) is 12.3. The molecule has 1 aromatic carbocycles. The second-order valence-corrected chi connectivity index (χ2v) is 7.32. The van der Waals surface area contributed by atoms with Gasteiger partial charge in [-0.05, 0) is 62.0 Å². The molecule has 0 amide bonds. The van der Waals surface area contributed by atoms with Crippen molar-refractivity contribution in [2.24, 2.45) is 5.92 Å². The molecule has 0 saturated carbocycles. The molecular weight excluding hydrogens is 383 g/mol. The fraction of sp³-hybridized carbons (Fsp3) is 0.550. The van der Waals surface area contributed by atoms with E-state index in [2.05, 4.69) is 45.2 Å². The molecule has 1 unspecified atom stereocenters. The zero-order chi connectivity index (χ0) is 17.1. The lowest BCUT2D eigenvalue weighted by Crippen LogP contribution is -2.21. The smallest absolute Gasteiger partial charge is 0.118 e. The molecule has 0 bridgehead atoms. The van der Waals surface area contributed by atoms with Gasteiger partial charge in [0.1, 0.15) is 5.75 Å². The monoisotopic (exact) mass is 412 g/mol. The number of nitrogens with zero attached hydrogens (tertiary/aromatic N) is 3. The van der Waals surface area contributed by atoms with Crippen molar-refractivity contribution in [3.63, 3.8) is 0 Å². The minimum absolute atomic E-state index is 0. The molecular formula is C20H30Cl2N4O. The highest BCUT2D eigenvalue weighted by Gasteiger charge is 2.24. The first kappa shape index (κ1) is 22.0. The van der Waals surface area contributed by atoms with E-state index in [1.807, 2.05) is 0 Å². The third kappa shape index (κ3) is 5.61. The van der Waals surface area contributed by atoms with Crippen LogP contribution in [0.1, 0.15) is 29.8 Å². The van der Waals surface area contributed by atoms with Crippen molar-refractivity contribution >= 4 is 24.8 Å². The van der Waals surface area contributed by atoms with E-state index >= 15 is 0 Å². The summed E-state index contributed by atoms with van der Waals surface area (Å²) in [5.74, 6) is 1.68. The number of methoxy groups -OCH3 is 1. The number of aryl methyl sites for hydroxylation is 1. The summed E-state index contributed by atoms with van der Waals surface area (Å²) in [7, 11) is 1.72. The van der Waals surface area contributed by atoms with E-state index in [0.717, 1.165) is 44.3 Å². The summed E-state index contributed by atoms with van der Waals surface area (Å²) >= 11 is 0. The fourth-order valence-corrected chi connectivity index (χ4v) is 4.05. The van der Waals surface area contributed by atoms with Crippen LogP contribution in [0, 0.1) is 5.92 Å². The van der Waals surface area contributed by atoms with Crippen LogP contribution in [0.25, 0.3) is 0 Å². The van der Waals surface area contributed by atoms with Gasteiger partial charge in [0, 0.05) is 26.2 Å². The number of ether oxygens (including phenoxy) is 1. The first-order valence-corrected chi connectivity index (χ1v) is 9.42. The van der Waals surface area contributed by atoms with Gasteiger partial charge >= 0.3 is 0 Å². The molecule has 7 heteroatoms. The maximum atomic E-state index is 5.24. The predicted octanol–water partition coefficient (Wildman–Crippen LogP) is 3.29. The third-order valence-electron chi connectivity index (χ3n) is 5.38. The second-order valence-electron chi connectivity index (χ2n) is 7.32. The van der Waals surface area contributed by atoms with Crippen LogP contribution in [-0.2, 0) is 26.1 Å². The predicted molar refractivity (Wildman–Crippen MR) is 113 cm³/mol. The van der Waals surface area contributed by atoms with Crippen molar-refractivity contribution in [1.29, 1.82) is 0 Å². The van der Waals surface area contributed by atoms with Crippen molar-refractivity contribution < 1.29 is 4.74 Å². The van der Waals surface area contributed by atoms with Gasteiger partial charge < -0.3 is 10.1 Å². The number of hydrogen-bond donors (Lipinski definition) is 1.